The summed E-state index contributed by atoms with van der Waals surface area (Å²) in [6.45, 7) is 1.17. The molecule has 1 aliphatic heterocycles. The highest BCUT2D eigenvalue weighted by Gasteiger charge is 2.32. The number of benzene rings is 1. The molecule has 0 amide bonds. The molecule has 1 fully saturated rings. The number of hydrogen-bond donors (Lipinski definition) is 1. The van der Waals surface area contributed by atoms with Gasteiger partial charge in [0.25, 0.3) is 0 Å². The normalized spacial score (nSPS) is 23.1. The largest absolute Gasteiger partial charge is 0.392 e. The number of aliphatic hydroxyl groups excluding tert-OH is 1. The van der Waals surface area contributed by atoms with Crippen LogP contribution in [0.2, 0.25) is 0 Å². The molecule has 0 aliphatic carbocycles. The van der Waals surface area contributed by atoms with Crippen molar-refractivity contribution >= 4 is 0 Å². The van der Waals surface area contributed by atoms with Gasteiger partial charge in [-0.3, -0.25) is 4.90 Å². The Hall–Kier alpha value is -1.85. The van der Waals surface area contributed by atoms with Crippen molar-refractivity contribution in [1.29, 1.82) is 0 Å². The second-order valence-electron chi connectivity index (χ2n) is 5.05. The Labute approximate surface area is 116 Å². The lowest BCUT2D eigenvalue weighted by Crippen LogP contribution is -2.25. The molecule has 20 heavy (non-hydrogen) atoms. The molecule has 1 aliphatic rings. The van der Waals surface area contributed by atoms with E-state index < -0.39 is 0 Å². The van der Waals surface area contributed by atoms with E-state index in [1.54, 1.807) is 30.6 Å². The third-order valence-electron chi connectivity index (χ3n) is 3.60. The Morgan fingerprint density at radius 3 is 2.60 bits per heavy atom. The molecule has 1 aromatic heterocycles. The van der Waals surface area contributed by atoms with Crippen LogP contribution in [-0.2, 0) is 6.54 Å². The van der Waals surface area contributed by atoms with E-state index in [1.807, 2.05) is 0 Å². The first-order valence-corrected chi connectivity index (χ1v) is 6.66. The molecule has 1 N–H and O–H groups in total. The van der Waals surface area contributed by atoms with Gasteiger partial charge in [0.15, 0.2) is 0 Å². The molecule has 0 bridgehead atoms. The van der Waals surface area contributed by atoms with Crippen molar-refractivity contribution in [3.8, 4) is 0 Å². The highest BCUT2D eigenvalue weighted by molar-refractivity contribution is 5.21. The smallest absolute Gasteiger partial charge is 0.142 e. The average Bonchev–Trinajstić information content (AvgIpc) is 2.81. The number of nitrogens with zero attached hydrogens (tertiary/aromatic N) is 3. The third kappa shape index (κ3) is 2.84. The molecular formula is C15H16FN3O. The van der Waals surface area contributed by atoms with Gasteiger partial charge in [-0.1, -0.05) is 12.1 Å². The van der Waals surface area contributed by atoms with Gasteiger partial charge >= 0.3 is 0 Å². The summed E-state index contributed by atoms with van der Waals surface area (Å²) in [4.78, 5) is 10.6. The summed E-state index contributed by atoms with van der Waals surface area (Å²) < 4.78 is 13.0. The monoisotopic (exact) mass is 273 g/mol. The Balaban J connectivity index is 1.80. The molecule has 5 heteroatoms. The fourth-order valence-electron chi connectivity index (χ4n) is 2.68. The lowest BCUT2D eigenvalue weighted by Gasteiger charge is -2.23. The van der Waals surface area contributed by atoms with Gasteiger partial charge in [-0.05, 0) is 30.2 Å². The second-order valence-corrected chi connectivity index (χ2v) is 5.05. The lowest BCUT2D eigenvalue weighted by atomic mass is 10.0. The summed E-state index contributed by atoms with van der Waals surface area (Å²) in [6, 6.07) is 8.32. The second kappa shape index (κ2) is 5.64. The molecule has 2 aromatic rings. The zero-order valence-electron chi connectivity index (χ0n) is 11.0. The van der Waals surface area contributed by atoms with Gasteiger partial charge < -0.3 is 5.11 Å². The van der Waals surface area contributed by atoms with Gasteiger partial charge in [-0.2, -0.15) is 0 Å². The summed E-state index contributed by atoms with van der Waals surface area (Å²) in [5.74, 6) is 0.485. The lowest BCUT2D eigenvalue weighted by molar-refractivity contribution is 0.171. The van der Waals surface area contributed by atoms with Crippen LogP contribution in [0.1, 0.15) is 23.9 Å². The van der Waals surface area contributed by atoms with Crippen LogP contribution in [0, 0.1) is 5.82 Å². The summed E-state index contributed by atoms with van der Waals surface area (Å²) in [5.41, 5.74) is 1.01. The molecular weight excluding hydrogens is 257 g/mol. The number of aliphatic hydroxyl groups is 1. The minimum absolute atomic E-state index is 0.0782. The molecule has 0 spiro atoms. The number of β-amino-alcohol motifs (C(OH)–C–C–N with tert-alkyl or cyclic N) is 1. The maximum Gasteiger partial charge on any atom is 0.142 e. The van der Waals surface area contributed by atoms with E-state index in [4.69, 9.17) is 0 Å². The summed E-state index contributed by atoms with van der Waals surface area (Å²) >= 11 is 0. The van der Waals surface area contributed by atoms with Crippen LogP contribution in [0.3, 0.4) is 0 Å². The van der Waals surface area contributed by atoms with Crippen molar-refractivity contribution in [2.24, 2.45) is 0 Å². The Morgan fingerprint density at radius 1 is 1.20 bits per heavy atom. The van der Waals surface area contributed by atoms with Crippen LogP contribution in [0.4, 0.5) is 4.39 Å². The van der Waals surface area contributed by atoms with Gasteiger partial charge in [0.05, 0.1) is 12.6 Å². The molecule has 0 saturated carbocycles. The topological polar surface area (TPSA) is 49.2 Å². The number of aromatic nitrogens is 2. The van der Waals surface area contributed by atoms with Crippen molar-refractivity contribution in [3.63, 3.8) is 0 Å². The van der Waals surface area contributed by atoms with Crippen LogP contribution in [0.15, 0.2) is 42.7 Å². The molecule has 1 saturated heterocycles. The quantitative estimate of drug-likeness (QED) is 0.928. The summed E-state index contributed by atoms with van der Waals surface area (Å²) in [6.07, 6.45) is 3.70. The van der Waals surface area contributed by atoms with Crippen LogP contribution in [0.25, 0.3) is 0 Å². The first-order chi connectivity index (χ1) is 9.72. The van der Waals surface area contributed by atoms with Crippen LogP contribution in [0.5, 0.6) is 0 Å². The fourth-order valence-corrected chi connectivity index (χ4v) is 2.68. The van der Waals surface area contributed by atoms with Gasteiger partial charge in [-0.15, -0.1) is 0 Å². The molecule has 1 aromatic carbocycles. The molecule has 4 nitrogen and oxygen atoms in total. The highest BCUT2D eigenvalue weighted by Crippen LogP contribution is 2.32. The maximum atomic E-state index is 13.0. The van der Waals surface area contributed by atoms with E-state index in [0.717, 1.165) is 11.4 Å². The molecule has 104 valence electrons. The van der Waals surface area contributed by atoms with E-state index in [-0.39, 0.29) is 18.0 Å². The van der Waals surface area contributed by atoms with Gasteiger partial charge in [0.1, 0.15) is 11.6 Å². The van der Waals surface area contributed by atoms with E-state index in [1.165, 1.54) is 12.1 Å². The first kappa shape index (κ1) is 13.1. The van der Waals surface area contributed by atoms with Crippen molar-refractivity contribution < 1.29 is 9.50 Å². The van der Waals surface area contributed by atoms with Gasteiger partial charge in [0.2, 0.25) is 0 Å². The van der Waals surface area contributed by atoms with Crippen molar-refractivity contribution in [2.45, 2.75) is 25.1 Å². The van der Waals surface area contributed by atoms with Crippen molar-refractivity contribution in [1.82, 2.24) is 14.9 Å². The van der Waals surface area contributed by atoms with E-state index in [0.29, 0.717) is 19.5 Å². The first-order valence-electron chi connectivity index (χ1n) is 6.66. The van der Waals surface area contributed by atoms with Gasteiger partial charge in [0, 0.05) is 25.0 Å². The summed E-state index contributed by atoms with van der Waals surface area (Å²) in [5, 5.41) is 9.91. The number of hydrogen-bond acceptors (Lipinski definition) is 4. The van der Waals surface area contributed by atoms with Crippen LogP contribution >= 0.6 is 0 Å². The minimum Gasteiger partial charge on any atom is -0.392 e. The van der Waals surface area contributed by atoms with Gasteiger partial charge in [-0.25, -0.2) is 14.4 Å². The van der Waals surface area contributed by atoms with Crippen LogP contribution in [-0.4, -0.2) is 32.6 Å². The number of rotatable bonds is 3. The SMILES string of the molecule is O[C@H]1C[C@@H](c2ccc(F)cc2)N(Cc2ncccn2)C1. The predicted octanol–water partition coefficient (Wildman–Crippen LogP) is 1.92. The Bertz CT molecular complexity index is 561. The van der Waals surface area contributed by atoms with E-state index >= 15 is 0 Å². The zero-order chi connectivity index (χ0) is 13.9. The zero-order valence-corrected chi connectivity index (χ0v) is 11.0. The Kier molecular flexibility index (Phi) is 3.71. The maximum absolute atomic E-state index is 13.0. The fraction of sp³-hybridized carbons (Fsp3) is 0.333. The van der Waals surface area contributed by atoms with Crippen LogP contribution < -0.4 is 0 Å². The minimum atomic E-state index is -0.367. The third-order valence-corrected chi connectivity index (χ3v) is 3.60. The predicted molar refractivity (Wildman–Crippen MR) is 72.2 cm³/mol. The van der Waals surface area contributed by atoms with Crippen molar-refractivity contribution in [3.05, 3.63) is 59.9 Å². The molecule has 2 heterocycles. The van der Waals surface area contributed by atoms with E-state index in [2.05, 4.69) is 14.9 Å². The summed E-state index contributed by atoms with van der Waals surface area (Å²) in [7, 11) is 0. The Morgan fingerprint density at radius 2 is 1.90 bits per heavy atom. The van der Waals surface area contributed by atoms with E-state index in [9.17, 15) is 9.50 Å². The molecule has 0 radical (unpaired) electrons. The standard InChI is InChI=1S/C15H16FN3O/c16-12-4-2-11(3-5-12)14-8-13(20)9-19(14)10-15-17-6-1-7-18-15/h1-7,13-14,20H,8-10H2/t13-,14-/m0/s1. The molecule has 2 atom stereocenters. The number of likely N-dealkylation sites (tertiary alicyclic amines) is 1. The molecule has 0 unspecified atom stereocenters. The highest BCUT2D eigenvalue weighted by atomic mass is 19.1. The number of halogens is 1. The molecule has 3 rings (SSSR count). The average molecular weight is 273 g/mol. The van der Waals surface area contributed by atoms with Crippen molar-refractivity contribution in [2.75, 3.05) is 6.54 Å².